The molecule has 0 N–H and O–H groups in total. The fourth-order valence-electron chi connectivity index (χ4n) is 4.91. The molecule has 1 amide bonds. The smallest absolute Gasteiger partial charge is 0.227 e. The zero-order valence-electron chi connectivity index (χ0n) is 16.8. The Morgan fingerprint density at radius 3 is 2.86 bits per heavy atom. The van der Waals surface area contributed by atoms with Crippen molar-refractivity contribution in [3.05, 3.63) is 53.9 Å². The van der Waals surface area contributed by atoms with Crippen molar-refractivity contribution in [1.29, 1.82) is 0 Å². The molecule has 6 nitrogen and oxygen atoms in total. The van der Waals surface area contributed by atoms with Gasteiger partial charge in [-0.1, -0.05) is 30.3 Å². The van der Waals surface area contributed by atoms with E-state index in [-0.39, 0.29) is 11.8 Å². The highest BCUT2D eigenvalue weighted by Crippen LogP contribution is 2.45. The highest BCUT2D eigenvalue weighted by Gasteiger charge is 2.48. The number of aryl methyl sites for hydroxylation is 1. The number of aromatic nitrogens is 2. The number of amides is 1. The van der Waals surface area contributed by atoms with Crippen LogP contribution in [0.1, 0.15) is 36.4 Å². The van der Waals surface area contributed by atoms with Gasteiger partial charge in [0.15, 0.2) is 0 Å². The minimum absolute atomic E-state index is 0.0567. The van der Waals surface area contributed by atoms with Gasteiger partial charge >= 0.3 is 0 Å². The van der Waals surface area contributed by atoms with E-state index in [1.807, 2.05) is 24.3 Å². The summed E-state index contributed by atoms with van der Waals surface area (Å²) in [6.45, 7) is 2.85. The number of ether oxygens (including phenoxy) is 1. The Hall–Kier alpha value is -2.18. The van der Waals surface area contributed by atoms with Crippen LogP contribution in [0.3, 0.4) is 0 Å². The molecule has 0 spiro atoms. The second kappa shape index (κ2) is 8.45. The van der Waals surface area contributed by atoms with Gasteiger partial charge < -0.3 is 9.64 Å². The quantitative estimate of drug-likeness (QED) is 0.739. The molecular formula is C22H30N4O2. The first-order valence-corrected chi connectivity index (χ1v) is 10.2. The van der Waals surface area contributed by atoms with E-state index in [0.29, 0.717) is 31.8 Å². The SMILES string of the molecule is COCCN(Cc1cnn(C)c1)C(=O)[C@H]1C[C@@H](c2ccccc2)N2CCC[C@H]12. The van der Waals surface area contributed by atoms with E-state index in [1.54, 1.807) is 11.8 Å². The number of hydrogen-bond donors (Lipinski definition) is 0. The zero-order valence-corrected chi connectivity index (χ0v) is 16.8. The van der Waals surface area contributed by atoms with Gasteiger partial charge in [0.1, 0.15) is 0 Å². The van der Waals surface area contributed by atoms with Crippen molar-refractivity contribution in [2.45, 2.75) is 37.9 Å². The maximum absolute atomic E-state index is 13.6. The molecule has 2 saturated heterocycles. The lowest BCUT2D eigenvalue weighted by Crippen LogP contribution is -2.41. The van der Waals surface area contributed by atoms with Crippen LogP contribution >= 0.6 is 0 Å². The van der Waals surface area contributed by atoms with E-state index < -0.39 is 0 Å². The first-order valence-electron chi connectivity index (χ1n) is 10.2. The van der Waals surface area contributed by atoms with E-state index in [0.717, 1.165) is 24.9 Å². The maximum Gasteiger partial charge on any atom is 0.227 e. The van der Waals surface area contributed by atoms with E-state index in [2.05, 4.69) is 40.3 Å². The van der Waals surface area contributed by atoms with Crippen molar-refractivity contribution in [1.82, 2.24) is 19.6 Å². The summed E-state index contributed by atoms with van der Waals surface area (Å²) in [5.41, 5.74) is 2.40. The number of rotatable bonds is 7. The predicted molar refractivity (Wildman–Crippen MR) is 108 cm³/mol. The van der Waals surface area contributed by atoms with Crippen molar-refractivity contribution in [2.75, 3.05) is 26.8 Å². The molecule has 3 heterocycles. The molecule has 0 radical (unpaired) electrons. The van der Waals surface area contributed by atoms with E-state index >= 15 is 0 Å². The number of carbonyl (C=O) groups is 1. The van der Waals surface area contributed by atoms with Gasteiger partial charge in [-0.3, -0.25) is 14.4 Å². The molecule has 0 saturated carbocycles. The molecule has 2 aromatic rings. The number of fused-ring (bicyclic) bond motifs is 1. The largest absolute Gasteiger partial charge is 0.383 e. The van der Waals surface area contributed by atoms with Crippen LogP contribution in [0.25, 0.3) is 0 Å². The van der Waals surface area contributed by atoms with Gasteiger partial charge in [0, 0.05) is 51.1 Å². The number of hydrogen-bond acceptors (Lipinski definition) is 4. The van der Waals surface area contributed by atoms with Crippen LogP contribution in [0.15, 0.2) is 42.7 Å². The van der Waals surface area contributed by atoms with Gasteiger partial charge in [-0.15, -0.1) is 0 Å². The lowest BCUT2D eigenvalue weighted by molar-refractivity contribution is -0.137. The van der Waals surface area contributed by atoms with Crippen LogP contribution < -0.4 is 0 Å². The Morgan fingerprint density at radius 2 is 2.14 bits per heavy atom. The monoisotopic (exact) mass is 382 g/mol. The molecule has 1 aromatic heterocycles. The fourth-order valence-corrected chi connectivity index (χ4v) is 4.91. The van der Waals surface area contributed by atoms with Crippen LogP contribution in [-0.4, -0.2) is 58.3 Å². The van der Waals surface area contributed by atoms with Crippen molar-refractivity contribution in [3.63, 3.8) is 0 Å². The Kier molecular flexibility index (Phi) is 5.78. The number of nitrogens with zero attached hydrogens (tertiary/aromatic N) is 4. The number of carbonyl (C=O) groups excluding carboxylic acids is 1. The molecule has 2 aliphatic rings. The third-order valence-corrected chi connectivity index (χ3v) is 6.19. The lowest BCUT2D eigenvalue weighted by atomic mass is 9.93. The highest BCUT2D eigenvalue weighted by atomic mass is 16.5. The number of benzene rings is 1. The molecule has 0 unspecified atom stereocenters. The molecule has 1 aromatic carbocycles. The van der Waals surface area contributed by atoms with Crippen LogP contribution in [0.2, 0.25) is 0 Å². The average Bonchev–Trinajstić information content (AvgIpc) is 3.42. The summed E-state index contributed by atoms with van der Waals surface area (Å²) in [5, 5.41) is 4.25. The lowest BCUT2D eigenvalue weighted by Gasteiger charge is -2.28. The second-order valence-electron chi connectivity index (χ2n) is 7.99. The van der Waals surface area contributed by atoms with Crippen molar-refractivity contribution < 1.29 is 9.53 Å². The molecule has 2 aliphatic heterocycles. The summed E-state index contributed by atoms with van der Waals surface area (Å²) in [6.07, 6.45) is 7.03. The summed E-state index contributed by atoms with van der Waals surface area (Å²) >= 11 is 0. The molecule has 0 bridgehead atoms. The first-order chi connectivity index (χ1) is 13.7. The van der Waals surface area contributed by atoms with Crippen molar-refractivity contribution in [3.8, 4) is 0 Å². The Balaban J connectivity index is 1.53. The Bertz CT molecular complexity index is 791. The molecule has 28 heavy (non-hydrogen) atoms. The molecule has 0 aliphatic carbocycles. The maximum atomic E-state index is 13.6. The molecule has 150 valence electrons. The van der Waals surface area contributed by atoms with Crippen molar-refractivity contribution in [2.24, 2.45) is 13.0 Å². The highest BCUT2D eigenvalue weighted by molar-refractivity contribution is 5.80. The van der Waals surface area contributed by atoms with Gasteiger partial charge in [0.05, 0.1) is 18.7 Å². The summed E-state index contributed by atoms with van der Waals surface area (Å²) in [6, 6.07) is 11.4. The molecule has 4 rings (SSSR count). The van der Waals surface area contributed by atoms with Crippen LogP contribution in [0, 0.1) is 5.92 Å². The topological polar surface area (TPSA) is 50.6 Å². The zero-order chi connectivity index (χ0) is 19.5. The third-order valence-electron chi connectivity index (χ3n) is 6.19. The van der Waals surface area contributed by atoms with Crippen molar-refractivity contribution >= 4 is 5.91 Å². The fraction of sp³-hybridized carbons (Fsp3) is 0.545. The molecular weight excluding hydrogens is 352 g/mol. The summed E-state index contributed by atoms with van der Waals surface area (Å²) < 4.78 is 7.07. The van der Waals surface area contributed by atoms with Crippen LogP contribution in [0.5, 0.6) is 0 Å². The molecule has 3 atom stereocenters. The standard InChI is InChI=1S/C22H30N4O2/c1-24-15-17(14-23-24)16-25(11-12-28-2)22(27)19-13-21(18-7-4-3-5-8-18)26-10-6-9-20(19)26/h3-5,7-8,14-15,19-21H,6,9-13,16H2,1-2H3/t19-,20+,21-/m0/s1. The summed E-state index contributed by atoms with van der Waals surface area (Å²) in [4.78, 5) is 18.1. The summed E-state index contributed by atoms with van der Waals surface area (Å²) in [7, 11) is 3.59. The third kappa shape index (κ3) is 3.84. The van der Waals surface area contributed by atoms with Crippen LogP contribution in [-0.2, 0) is 23.1 Å². The van der Waals surface area contributed by atoms with Gasteiger partial charge in [-0.05, 0) is 31.4 Å². The first kappa shape index (κ1) is 19.2. The van der Waals surface area contributed by atoms with Crippen LogP contribution in [0.4, 0.5) is 0 Å². The van der Waals surface area contributed by atoms with Gasteiger partial charge in [-0.25, -0.2) is 0 Å². The van der Waals surface area contributed by atoms with Gasteiger partial charge in [0.25, 0.3) is 0 Å². The average molecular weight is 383 g/mol. The van der Waals surface area contributed by atoms with Gasteiger partial charge in [0.2, 0.25) is 5.91 Å². The Morgan fingerprint density at radius 1 is 1.32 bits per heavy atom. The second-order valence-corrected chi connectivity index (χ2v) is 7.99. The normalized spacial score (nSPS) is 24.4. The summed E-state index contributed by atoms with van der Waals surface area (Å²) in [5.74, 6) is 0.317. The van der Waals surface area contributed by atoms with E-state index in [9.17, 15) is 4.79 Å². The van der Waals surface area contributed by atoms with E-state index in [4.69, 9.17) is 4.74 Å². The Labute approximate surface area is 167 Å². The van der Waals surface area contributed by atoms with Gasteiger partial charge in [-0.2, -0.15) is 5.10 Å². The molecule has 2 fully saturated rings. The minimum atomic E-state index is 0.0567. The molecule has 6 heteroatoms. The predicted octanol–water partition coefficient (Wildman–Crippen LogP) is 2.62. The minimum Gasteiger partial charge on any atom is -0.383 e. The number of methoxy groups -OCH3 is 1. The van der Waals surface area contributed by atoms with E-state index in [1.165, 1.54) is 12.0 Å².